The summed E-state index contributed by atoms with van der Waals surface area (Å²) in [5.41, 5.74) is 14.1. The molecular formula is C21H26N4O3. The van der Waals surface area contributed by atoms with Crippen LogP contribution in [0.1, 0.15) is 18.1 Å². The first-order valence-corrected chi connectivity index (χ1v) is 8.71. The number of aromatic nitrogens is 2. The molecule has 0 atom stereocenters. The molecule has 7 nitrogen and oxygen atoms in total. The predicted molar refractivity (Wildman–Crippen MR) is 112 cm³/mol. The van der Waals surface area contributed by atoms with Gasteiger partial charge < -0.3 is 25.7 Å². The molecule has 0 unspecified atom stereocenters. The van der Waals surface area contributed by atoms with Gasteiger partial charge in [-0.1, -0.05) is 30.9 Å². The highest BCUT2D eigenvalue weighted by atomic mass is 16.5. The maximum Gasteiger partial charge on any atom is 0.221 e. The number of allylic oxidation sites excluding steroid dienone is 3. The molecule has 28 heavy (non-hydrogen) atoms. The van der Waals surface area contributed by atoms with E-state index < -0.39 is 0 Å². The molecule has 0 saturated heterocycles. The summed E-state index contributed by atoms with van der Waals surface area (Å²) in [6, 6.07) is 3.75. The molecule has 4 N–H and O–H groups in total. The Balaban J connectivity index is 2.32. The van der Waals surface area contributed by atoms with Crippen molar-refractivity contribution in [3.63, 3.8) is 0 Å². The van der Waals surface area contributed by atoms with Crippen molar-refractivity contribution in [1.82, 2.24) is 9.97 Å². The summed E-state index contributed by atoms with van der Waals surface area (Å²) in [4.78, 5) is 7.99. The fraction of sp³-hybridized carbons (Fsp3) is 0.238. The van der Waals surface area contributed by atoms with E-state index in [1.165, 1.54) is 0 Å². The second kappa shape index (κ2) is 10.0. The van der Waals surface area contributed by atoms with Crippen LogP contribution in [0.4, 0.5) is 11.8 Å². The van der Waals surface area contributed by atoms with Gasteiger partial charge in [0.2, 0.25) is 11.7 Å². The fourth-order valence-corrected chi connectivity index (χ4v) is 2.64. The van der Waals surface area contributed by atoms with E-state index in [1.807, 2.05) is 37.3 Å². The van der Waals surface area contributed by atoms with Crippen molar-refractivity contribution in [2.24, 2.45) is 0 Å². The van der Waals surface area contributed by atoms with Crippen LogP contribution in [0, 0.1) is 0 Å². The first-order chi connectivity index (χ1) is 13.5. The molecule has 2 rings (SSSR count). The number of anilines is 2. The SMILES string of the molecule is C=C/C=C(\C=C/C)COc1c(OC)cc(Cc2cnc(N)nc2N)cc1OC. The Hall–Kier alpha value is -3.48. The van der Waals surface area contributed by atoms with Gasteiger partial charge in [-0.3, -0.25) is 0 Å². The first kappa shape index (κ1) is 20.8. The third-order valence-corrected chi connectivity index (χ3v) is 3.93. The molecule has 0 saturated carbocycles. The van der Waals surface area contributed by atoms with Gasteiger partial charge in [-0.05, 0) is 30.2 Å². The van der Waals surface area contributed by atoms with Crippen molar-refractivity contribution in [3.05, 3.63) is 65.9 Å². The van der Waals surface area contributed by atoms with Crippen LogP contribution in [0.3, 0.4) is 0 Å². The van der Waals surface area contributed by atoms with E-state index in [9.17, 15) is 0 Å². The van der Waals surface area contributed by atoms with Crippen LogP contribution >= 0.6 is 0 Å². The minimum atomic E-state index is 0.143. The molecule has 0 radical (unpaired) electrons. The van der Waals surface area contributed by atoms with Crippen LogP contribution in [0.25, 0.3) is 0 Å². The fourth-order valence-electron chi connectivity index (χ4n) is 2.64. The highest BCUT2D eigenvalue weighted by Gasteiger charge is 2.16. The molecule has 0 aliphatic rings. The second-order valence-electron chi connectivity index (χ2n) is 5.91. The molecule has 148 valence electrons. The molecule has 2 aromatic rings. The smallest absolute Gasteiger partial charge is 0.221 e. The van der Waals surface area contributed by atoms with E-state index in [4.69, 9.17) is 25.7 Å². The zero-order valence-corrected chi connectivity index (χ0v) is 16.4. The number of benzene rings is 1. The summed E-state index contributed by atoms with van der Waals surface area (Å²) >= 11 is 0. The minimum absolute atomic E-state index is 0.143. The summed E-state index contributed by atoms with van der Waals surface area (Å²) in [6.45, 7) is 6.02. The Bertz CT molecular complexity index is 866. The molecule has 0 aliphatic heterocycles. The highest BCUT2D eigenvalue weighted by molar-refractivity contribution is 5.55. The van der Waals surface area contributed by atoms with E-state index in [0.717, 1.165) is 16.7 Å². The van der Waals surface area contributed by atoms with Gasteiger partial charge in [-0.25, -0.2) is 4.98 Å². The maximum absolute atomic E-state index is 5.98. The lowest BCUT2D eigenvalue weighted by molar-refractivity contribution is 0.296. The third-order valence-electron chi connectivity index (χ3n) is 3.93. The second-order valence-corrected chi connectivity index (χ2v) is 5.91. The monoisotopic (exact) mass is 382 g/mol. The summed E-state index contributed by atoms with van der Waals surface area (Å²) in [5, 5.41) is 0. The van der Waals surface area contributed by atoms with E-state index in [0.29, 0.717) is 36.1 Å². The van der Waals surface area contributed by atoms with Gasteiger partial charge in [0.05, 0.1) is 14.2 Å². The Morgan fingerprint density at radius 2 is 1.86 bits per heavy atom. The van der Waals surface area contributed by atoms with Crippen LogP contribution in [-0.4, -0.2) is 30.8 Å². The van der Waals surface area contributed by atoms with Gasteiger partial charge in [0, 0.05) is 18.2 Å². The molecule has 0 spiro atoms. The number of hydrogen-bond acceptors (Lipinski definition) is 7. The number of rotatable bonds is 9. The van der Waals surface area contributed by atoms with Crippen LogP contribution < -0.4 is 25.7 Å². The zero-order valence-electron chi connectivity index (χ0n) is 16.4. The average Bonchev–Trinajstić information content (AvgIpc) is 2.68. The van der Waals surface area contributed by atoms with Gasteiger partial charge in [-0.2, -0.15) is 4.98 Å². The average molecular weight is 382 g/mol. The van der Waals surface area contributed by atoms with Crippen molar-refractivity contribution in [2.45, 2.75) is 13.3 Å². The molecule has 7 heteroatoms. The number of nitrogens with zero attached hydrogens (tertiary/aromatic N) is 2. The van der Waals surface area contributed by atoms with Crippen molar-refractivity contribution >= 4 is 11.8 Å². The minimum Gasteiger partial charge on any atom is -0.493 e. The molecule has 0 aliphatic carbocycles. The molecule has 0 fully saturated rings. The molecule has 1 aromatic heterocycles. The third kappa shape index (κ3) is 5.26. The quantitative estimate of drug-likeness (QED) is 0.641. The van der Waals surface area contributed by atoms with E-state index in [2.05, 4.69) is 16.5 Å². The summed E-state index contributed by atoms with van der Waals surface area (Å²) in [5.74, 6) is 2.13. The van der Waals surface area contributed by atoms with Crippen molar-refractivity contribution < 1.29 is 14.2 Å². The van der Waals surface area contributed by atoms with E-state index in [1.54, 1.807) is 26.5 Å². The summed E-state index contributed by atoms with van der Waals surface area (Å²) in [6.07, 6.45) is 9.62. The Morgan fingerprint density at radius 1 is 1.18 bits per heavy atom. The molecular weight excluding hydrogens is 356 g/mol. The lowest BCUT2D eigenvalue weighted by Gasteiger charge is -2.17. The Kier molecular flexibility index (Phi) is 7.45. The highest BCUT2D eigenvalue weighted by Crippen LogP contribution is 2.39. The Labute approximate surface area is 165 Å². The van der Waals surface area contributed by atoms with Gasteiger partial charge in [0.1, 0.15) is 12.4 Å². The topological polar surface area (TPSA) is 106 Å². The number of methoxy groups -OCH3 is 2. The number of ether oxygens (including phenoxy) is 3. The molecule has 1 heterocycles. The maximum atomic E-state index is 5.98. The van der Waals surface area contributed by atoms with Crippen LogP contribution in [0.5, 0.6) is 17.2 Å². The normalized spacial score (nSPS) is 11.5. The predicted octanol–water partition coefficient (Wildman–Crippen LogP) is 3.32. The number of hydrogen-bond donors (Lipinski definition) is 2. The van der Waals surface area contributed by atoms with Gasteiger partial charge in [0.25, 0.3) is 0 Å². The van der Waals surface area contributed by atoms with Crippen molar-refractivity contribution in [2.75, 3.05) is 32.3 Å². The Morgan fingerprint density at radius 3 is 2.39 bits per heavy atom. The number of nitrogens with two attached hydrogens (primary N) is 2. The first-order valence-electron chi connectivity index (χ1n) is 8.71. The standard InChI is InChI=1S/C21H26N4O3/c1-5-7-14(8-6-2)13-28-19-17(26-3)10-15(11-18(19)27-4)9-16-12-24-21(23)25-20(16)22/h5-8,10-12H,1,9,13H2,2-4H3,(H4,22,23,24,25)/b8-6-,14-7+. The van der Waals surface area contributed by atoms with E-state index >= 15 is 0 Å². The summed E-state index contributed by atoms with van der Waals surface area (Å²) in [7, 11) is 3.16. The molecule has 0 amide bonds. The largest absolute Gasteiger partial charge is 0.493 e. The molecule has 0 bridgehead atoms. The van der Waals surface area contributed by atoms with Crippen LogP contribution in [0.15, 0.2) is 54.8 Å². The van der Waals surface area contributed by atoms with Gasteiger partial charge >= 0.3 is 0 Å². The summed E-state index contributed by atoms with van der Waals surface area (Å²) < 4.78 is 17.0. The zero-order chi connectivity index (χ0) is 20.5. The lowest BCUT2D eigenvalue weighted by atomic mass is 10.1. The lowest BCUT2D eigenvalue weighted by Crippen LogP contribution is -2.06. The van der Waals surface area contributed by atoms with Crippen LogP contribution in [0.2, 0.25) is 0 Å². The van der Waals surface area contributed by atoms with E-state index in [-0.39, 0.29) is 5.95 Å². The van der Waals surface area contributed by atoms with Crippen molar-refractivity contribution in [3.8, 4) is 17.2 Å². The molecule has 1 aromatic carbocycles. The van der Waals surface area contributed by atoms with Crippen LogP contribution in [-0.2, 0) is 6.42 Å². The van der Waals surface area contributed by atoms with Gasteiger partial charge in [-0.15, -0.1) is 0 Å². The number of nitrogen functional groups attached to an aromatic ring is 2. The van der Waals surface area contributed by atoms with Crippen molar-refractivity contribution in [1.29, 1.82) is 0 Å². The van der Waals surface area contributed by atoms with Gasteiger partial charge in [0.15, 0.2) is 11.5 Å².